The zero-order chi connectivity index (χ0) is 11.9. The average molecular weight is 227 g/mol. The van der Waals surface area contributed by atoms with Crippen molar-refractivity contribution in [2.45, 2.75) is 6.17 Å². The van der Waals surface area contributed by atoms with Crippen LogP contribution in [0.25, 0.3) is 0 Å². The number of methoxy groups -OCH3 is 1. The molecule has 1 aromatic carbocycles. The van der Waals surface area contributed by atoms with Crippen LogP contribution in [0.4, 0.5) is 14.5 Å². The molecule has 1 aliphatic rings. The van der Waals surface area contributed by atoms with Gasteiger partial charge in [0.25, 0.3) is 0 Å². The molecule has 0 amide bonds. The number of nitrogens with two attached hydrogens (primary N) is 1. The van der Waals surface area contributed by atoms with Gasteiger partial charge in [-0.1, -0.05) is 0 Å². The van der Waals surface area contributed by atoms with Crippen LogP contribution in [-0.2, 0) is 4.74 Å². The normalized spacial score (nSPS) is 15.9. The van der Waals surface area contributed by atoms with Crippen molar-refractivity contribution in [3.8, 4) is 0 Å². The number of carbonyl (C=O) groups is 1. The molecule has 84 valence electrons. The summed E-state index contributed by atoms with van der Waals surface area (Å²) in [5.41, 5.74) is 5.54. The summed E-state index contributed by atoms with van der Waals surface area (Å²) in [6.45, 7) is 0. The van der Waals surface area contributed by atoms with Gasteiger partial charge in [0.2, 0.25) is 0 Å². The lowest BCUT2D eigenvalue weighted by Crippen LogP contribution is -2.25. The molecule has 16 heavy (non-hydrogen) atoms. The number of benzene rings is 1. The SMILES string of the molecule is COC(=O)c1cc2c(cc1N)=NC(F)(F)N=2. The number of ether oxygens (including phenoxy) is 1. The van der Waals surface area contributed by atoms with Gasteiger partial charge in [0, 0.05) is 5.69 Å². The van der Waals surface area contributed by atoms with E-state index in [4.69, 9.17) is 5.73 Å². The van der Waals surface area contributed by atoms with E-state index in [0.29, 0.717) is 0 Å². The van der Waals surface area contributed by atoms with Crippen LogP contribution in [0.5, 0.6) is 0 Å². The van der Waals surface area contributed by atoms with Crippen molar-refractivity contribution in [2.75, 3.05) is 12.8 Å². The third kappa shape index (κ3) is 1.60. The van der Waals surface area contributed by atoms with E-state index in [-0.39, 0.29) is 22.0 Å². The van der Waals surface area contributed by atoms with Gasteiger partial charge in [-0.2, -0.15) is 18.8 Å². The molecular weight excluding hydrogens is 220 g/mol. The summed E-state index contributed by atoms with van der Waals surface area (Å²) < 4.78 is 30.0. The minimum Gasteiger partial charge on any atom is -0.465 e. The fourth-order valence-corrected chi connectivity index (χ4v) is 1.37. The molecule has 1 aliphatic heterocycles. The molecule has 7 heteroatoms. The molecule has 2 rings (SSSR count). The molecular formula is C9H7F2N3O2. The highest BCUT2D eigenvalue weighted by Gasteiger charge is 2.30. The van der Waals surface area contributed by atoms with Crippen molar-refractivity contribution in [3.05, 3.63) is 28.4 Å². The quantitative estimate of drug-likeness (QED) is 0.412. The molecule has 5 nitrogen and oxygen atoms in total. The van der Waals surface area contributed by atoms with Crippen LogP contribution >= 0.6 is 0 Å². The van der Waals surface area contributed by atoms with E-state index in [2.05, 4.69) is 14.7 Å². The third-order valence-corrected chi connectivity index (χ3v) is 2.06. The van der Waals surface area contributed by atoms with Crippen molar-refractivity contribution in [3.63, 3.8) is 0 Å². The Kier molecular flexibility index (Phi) is 2.11. The second kappa shape index (κ2) is 3.22. The van der Waals surface area contributed by atoms with Crippen LogP contribution in [0.3, 0.4) is 0 Å². The van der Waals surface area contributed by atoms with E-state index in [1.807, 2.05) is 0 Å². The zero-order valence-electron chi connectivity index (χ0n) is 8.20. The first kappa shape index (κ1) is 10.5. The lowest BCUT2D eigenvalue weighted by atomic mass is 10.1. The predicted octanol–water partition coefficient (Wildman–Crippen LogP) is -0.142. The molecule has 0 saturated carbocycles. The number of nitrogens with zero attached hydrogens (tertiary/aromatic N) is 2. The fourth-order valence-electron chi connectivity index (χ4n) is 1.37. The summed E-state index contributed by atoms with van der Waals surface area (Å²) in [4.78, 5) is 17.3. The van der Waals surface area contributed by atoms with E-state index in [1.165, 1.54) is 13.2 Å². The average Bonchev–Trinajstić information content (AvgIpc) is 2.48. The van der Waals surface area contributed by atoms with E-state index >= 15 is 0 Å². The molecule has 0 bridgehead atoms. The molecule has 0 saturated heterocycles. The molecule has 0 atom stereocenters. The van der Waals surface area contributed by atoms with Gasteiger partial charge in [0.15, 0.2) is 0 Å². The Morgan fingerprint density at radius 2 is 1.94 bits per heavy atom. The number of carbonyl (C=O) groups excluding carboxylic acids is 1. The highest BCUT2D eigenvalue weighted by molar-refractivity contribution is 5.94. The first-order valence-electron chi connectivity index (χ1n) is 4.28. The van der Waals surface area contributed by atoms with E-state index in [0.717, 1.165) is 6.07 Å². The molecule has 0 aliphatic carbocycles. The smallest absolute Gasteiger partial charge is 0.450 e. The number of halogens is 2. The number of hydrogen-bond acceptors (Lipinski definition) is 5. The topological polar surface area (TPSA) is 77.0 Å². The van der Waals surface area contributed by atoms with E-state index in [1.54, 1.807) is 0 Å². The van der Waals surface area contributed by atoms with Gasteiger partial charge < -0.3 is 10.5 Å². The Bertz CT molecular complexity index is 583. The maximum absolute atomic E-state index is 12.8. The largest absolute Gasteiger partial charge is 0.465 e. The second-order valence-electron chi connectivity index (χ2n) is 3.15. The summed E-state index contributed by atoms with van der Waals surface area (Å²) in [6.07, 6.45) is -3.48. The van der Waals surface area contributed by atoms with Crippen LogP contribution < -0.4 is 16.4 Å². The predicted molar refractivity (Wildman–Crippen MR) is 49.5 cm³/mol. The highest BCUT2D eigenvalue weighted by atomic mass is 19.3. The Morgan fingerprint density at radius 1 is 1.38 bits per heavy atom. The monoisotopic (exact) mass is 227 g/mol. The Morgan fingerprint density at radius 3 is 2.50 bits per heavy atom. The zero-order valence-corrected chi connectivity index (χ0v) is 8.20. The first-order chi connectivity index (χ1) is 7.43. The number of alkyl halides is 2. The van der Waals surface area contributed by atoms with Crippen LogP contribution in [-0.4, -0.2) is 19.2 Å². The number of nitrogen functional groups attached to an aromatic ring is 1. The standard InChI is InChI=1S/C9H7F2N3O2/c1-16-8(15)4-2-6-7(3-5(4)12)14-9(10,11)13-6/h2-3H,12H2,1H3. The second-order valence-corrected chi connectivity index (χ2v) is 3.15. The summed E-state index contributed by atoms with van der Waals surface area (Å²) in [5.74, 6) is -0.703. The molecule has 0 radical (unpaired) electrons. The van der Waals surface area contributed by atoms with Crippen LogP contribution in [0.2, 0.25) is 0 Å². The number of esters is 1. The van der Waals surface area contributed by atoms with E-state index in [9.17, 15) is 13.6 Å². The molecule has 1 heterocycles. The molecule has 1 aromatic rings. The highest BCUT2D eigenvalue weighted by Crippen LogP contribution is 2.18. The third-order valence-electron chi connectivity index (χ3n) is 2.06. The van der Waals surface area contributed by atoms with Crippen molar-refractivity contribution in [1.82, 2.24) is 0 Å². The Hall–Kier alpha value is -2.05. The first-order valence-corrected chi connectivity index (χ1v) is 4.28. The van der Waals surface area contributed by atoms with Gasteiger partial charge in [0.05, 0.1) is 23.4 Å². The van der Waals surface area contributed by atoms with Crippen molar-refractivity contribution < 1.29 is 18.3 Å². The van der Waals surface area contributed by atoms with Gasteiger partial charge in [0.1, 0.15) is 0 Å². The lowest BCUT2D eigenvalue weighted by molar-refractivity contribution is 0.0193. The fraction of sp³-hybridized carbons (Fsp3) is 0.222. The Balaban J connectivity index is 2.67. The number of rotatable bonds is 1. The van der Waals surface area contributed by atoms with Crippen molar-refractivity contribution >= 4 is 11.7 Å². The number of fused-ring (bicyclic) bond motifs is 1. The summed E-state index contributed by atoms with van der Waals surface area (Å²) in [5, 5.41) is -0.102. The number of hydrogen-bond donors (Lipinski definition) is 1. The van der Waals surface area contributed by atoms with Gasteiger partial charge in [-0.05, 0) is 12.1 Å². The van der Waals surface area contributed by atoms with Crippen LogP contribution in [0, 0.1) is 0 Å². The molecule has 2 N–H and O–H groups in total. The summed E-state index contributed by atoms with van der Waals surface area (Å²) >= 11 is 0. The minimum atomic E-state index is -3.48. The summed E-state index contributed by atoms with van der Waals surface area (Å²) in [6, 6.07) is 2.31. The summed E-state index contributed by atoms with van der Waals surface area (Å²) in [7, 11) is 1.17. The van der Waals surface area contributed by atoms with Crippen LogP contribution in [0.15, 0.2) is 22.1 Å². The van der Waals surface area contributed by atoms with Gasteiger partial charge >= 0.3 is 12.1 Å². The Labute approximate surface area is 88.3 Å². The molecule has 0 unspecified atom stereocenters. The molecule has 0 spiro atoms. The molecule has 0 fully saturated rings. The van der Waals surface area contributed by atoms with Gasteiger partial charge in [-0.3, -0.25) is 0 Å². The van der Waals surface area contributed by atoms with Gasteiger partial charge in [-0.25, -0.2) is 4.79 Å². The van der Waals surface area contributed by atoms with E-state index < -0.39 is 12.1 Å². The molecule has 0 aromatic heterocycles. The van der Waals surface area contributed by atoms with Crippen molar-refractivity contribution in [1.29, 1.82) is 0 Å². The minimum absolute atomic E-state index is 0.00194. The number of anilines is 1. The van der Waals surface area contributed by atoms with Crippen LogP contribution in [0.1, 0.15) is 10.4 Å². The maximum atomic E-state index is 12.8. The van der Waals surface area contributed by atoms with Crippen molar-refractivity contribution in [2.24, 2.45) is 9.98 Å². The van der Waals surface area contributed by atoms with Gasteiger partial charge in [-0.15, -0.1) is 0 Å². The lowest BCUT2D eigenvalue weighted by Gasteiger charge is -2.01. The maximum Gasteiger partial charge on any atom is 0.450 e.